The molecule has 3 fully saturated rings. The van der Waals surface area contributed by atoms with Gasteiger partial charge in [0.15, 0.2) is 0 Å². The van der Waals surface area contributed by atoms with Gasteiger partial charge in [-0.15, -0.1) is 11.5 Å². The number of hydrogen-bond acceptors (Lipinski definition) is 3. The smallest absolute Gasteiger partial charge is 0.314 e. The summed E-state index contributed by atoms with van der Waals surface area (Å²) in [6.07, 6.45) is 3.31. The largest absolute Gasteiger partial charge is 0.465 e. The van der Waals surface area contributed by atoms with E-state index in [1.54, 1.807) is 0 Å². The number of rotatable bonds is 0. The molecule has 4 heteroatoms. The third kappa shape index (κ3) is 2.13. The summed E-state index contributed by atoms with van der Waals surface area (Å²) in [6.45, 7) is 9.39. The number of hydrogen-bond donors (Lipinski definition) is 0. The van der Waals surface area contributed by atoms with Gasteiger partial charge < -0.3 is 4.74 Å². The summed E-state index contributed by atoms with van der Waals surface area (Å²) in [5.74, 6) is 3.74. The number of ether oxygens (including phenoxy) is 1. The molecule has 0 aromatic heterocycles. The third-order valence-electron chi connectivity index (χ3n) is 4.67. The molecule has 3 rings (SSSR count). The van der Waals surface area contributed by atoms with Gasteiger partial charge in [0, 0.05) is 19.0 Å². The summed E-state index contributed by atoms with van der Waals surface area (Å²) >= 11 is 0. The van der Waals surface area contributed by atoms with E-state index in [1.165, 1.54) is 12.8 Å². The topological polar surface area (TPSA) is 29.5 Å². The first kappa shape index (κ1) is 13.2. The van der Waals surface area contributed by atoms with Gasteiger partial charge in [-0.1, -0.05) is 19.6 Å². The molecule has 3 saturated heterocycles. The number of nitrogens with zero attached hydrogens (tertiary/aromatic N) is 1. The molecule has 0 bridgehead atoms. The van der Waals surface area contributed by atoms with E-state index in [0.29, 0.717) is 12.6 Å². The van der Waals surface area contributed by atoms with Crippen LogP contribution in [0.15, 0.2) is 0 Å². The minimum atomic E-state index is -1.39. The van der Waals surface area contributed by atoms with Gasteiger partial charge in [0.1, 0.15) is 8.07 Å². The number of esters is 1. The van der Waals surface area contributed by atoms with Gasteiger partial charge in [0.2, 0.25) is 0 Å². The second kappa shape index (κ2) is 4.36. The standard InChI is InChI=1S/C15H23NO2Si/c1-19(2,3)10-6-12-13-5-4-8-16(13)11-15(12)7-9-18-14(15)17/h12-13H,4-5,7-9,11H2,1-3H3/t12-,13-,15-/m1/s1. The van der Waals surface area contributed by atoms with E-state index >= 15 is 0 Å². The monoisotopic (exact) mass is 277 g/mol. The highest BCUT2D eigenvalue weighted by Gasteiger charge is 2.60. The van der Waals surface area contributed by atoms with E-state index in [0.717, 1.165) is 19.5 Å². The fourth-order valence-electron chi connectivity index (χ4n) is 3.78. The predicted octanol–water partition coefficient (Wildman–Crippen LogP) is 1.89. The zero-order valence-corrected chi connectivity index (χ0v) is 13.2. The van der Waals surface area contributed by atoms with Crippen LogP contribution < -0.4 is 0 Å². The van der Waals surface area contributed by atoms with E-state index in [9.17, 15) is 4.79 Å². The molecular formula is C15H23NO2Si. The molecule has 0 N–H and O–H groups in total. The summed E-state index contributed by atoms with van der Waals surface area (Å²) < 4.78 is 5.30. The normalized spacial score (nSPS) is 38.2. The van der Waals surface area contributed by atoms with E-state index in [2.05, 4.69) is 36.0 Å². The Balaban J connectivity index is 1.95. The van der Waals surface area contributed by atoms with Crippen LogP contribution in [0.2, 0.25) is 19.6 Å². The zero-order valence-electron chi connectivity index (χ0n) is 12.2. The Morgan fingerprint density at radius 1 is 1.42 bits per heavy atom. The van der Waals surface area contributed by atoms with Crippen LogP contribution in [0, 0.1) is 22.8 Å². The first-order valence-corrected chi connectivity index (χ1v) is 10.9. The number of carbonyl (C=O) groups is 1. The van der Waals surface area contributed by atoms with Gasteiger partial charge in [-0.3, -0.25) is 9.69 Å². The third-order valence-corrected chi connectivity index (χ3v) is 5.56. The molecule has 3 atom stereocenters. The van der Waals surface area contributed by atoms with Gasteiger partial charge in [0.25, 0.3) is 0 Å². The van der Waals surface area contributed by atoms with Crippen LogP contribution in [-0.2, 0) is 9.53 Å². The average Bonchev–Trinajstić information content (AvgIpc) is 2.93. The van der Waals surface area contributed by atoms with Crippen molar-refractivity contribution in [2.24, 2.45) is 11.3 Å². The molecule has 1 spiro atoms. The fraction of sp³-hybridized carbons (Fsp3) is 0.800. The zero-order chi connectivity index (χ0) is 13.7. The second-order valence-electron chi connectivity index (χ2n) is 7.22. The number of fused-ring (bicyclic) bond motifs is 1. The highest BCUT2D eigenvalue weighted by molar-refractivity contribution is 6.83. The van der Waals surface area contributed by atoms with Crippen LogP contribution in [0.4, 0.5) is 0 Å². The van der Waals surface area contributed by atoms with E-state index in [1.807, 2.05) is 0 Å². The van der Waals surface area contributed by atoms with Gasteiger partial charge in [0.05, 0.1) is 17.9 Å². The first-order valence-electron chi connectivity index (χ1n) is 7.36. The van der Waals surface area contributed by atoms with Crippen LogP contribution in [0.1, 0.15) is 19.3 Å². The molecule has 104 valence electrons. The molecule has 3 aliphatic rings. The van der Waals surface area contributed by atoms with Crippen molar-refractivity contribution >= 4 is 14.0 Å². The van der Waals surface area contributed by atoms with Gasteiger partial charge in [-0.05, 0) is 19.4 Å². The lowest BCUT2D eigenvalue weighted by atomic mass is 9.74. The van der Waals surface area contributed by atoms with Gasteiger partial charge in [-0.2, -0.15) is 0 Å². The maximum Gasteiger partial charge on any atom is 0.314 e. The molecule has 3 aliphatic heterocycles. The van der Waals surface area contributed by atoms with Crippen molar-refractivity contribution < 1.29 is 9.53 Å². The molecule has 3 heterocycles. The maximum absolute atomic E-state index is 12.3. The Kier molecular flexibility index (Phi) is 3.03. The lowest BCUT2D eigenvalue weighted by Crippen LogP contribution is -2.36. The average molecular weight is 277 g/mol. The molecule has 0 aromatic carbocycles. The number of carbonyl (C=O) groups excluding carboxylic acids is 1. The Morgan fingerprint density at radius 2 is 2.21 bits per heavy atom. The SMILES string of the molecule is C[Si](C)(C)C#C[C@@H]1[C@H]2CCCN2C[C@]12CCOC2=O. The van der Waals surface area contributed by atoms with Crippen molar-refractivity contribution in [1.82, 2.24) is 4.90 Å². The molecular weight excluding hydrogens is 254 g/mol. The van der Waals surface area contributed by atoms with Crippen LogP contribution in [0.3, 0.4) is 0 Å². The molecule has 0 saturated carbocycles. The Labute approximate surface area is 116 Å². The molecule has 0 amide bonds. The molecule has 19 heavy (non-hydrogen) atoms. The quantitative estimate of drug-likeness (QED) is 0.385. The van der Waals surface area contributed by atoms with Crippen LogP contribution in [-0.4, -0.2) is 44.7 Å². The summed E-state index contributed by atoms with van der Waals surface area (Å²) in [4.78, 5) is 14.7. The minimum Gasteiger partial charge on any atom is -0.465 e. The fourth-order valence-corrected chi connectivity index (χ4v) is 4.37. The lowest BCUT2D eigenvalue weighted by Gasteiger charge is -2.24. The summed E-state index contributed by atoms with van der Waals surface area (Å²) in [6, 6.07) is 0.495. The Hall–Kier alpha value is -0.793. The van der Waals surface area contributed by atoms with E-state index in [4.69, 9.17) is 4.74 Å². The first-order chi connectivity index (χ1) is 8.92. The highest BCUT2D eigenvalue weighted by atomic mass is 28.3. The van der Waals surface area contributed by atoms with Gasteiger partial charge >= 0.3 is 5.97 Å². The van der Waals surface area contributed by atoms with Crippen LogP contribution in [0.25, 0.3) is 0 Å². The van der Waals surface area contributed by atoms with E-state index in [-0.39, 0.29) is 17.3 Å². The maximum atomic E-state index is 12.3. The molecule has 3 nitrogen and oxygen atoms in total. The van der Waals surface area contributed by atoms with Crippen LogP contribution in [0.5, 0.6) is 0 Å². The van der Waals surface area contributed by atoms with Gasteiger partial charge in [-0.25, -0.2) is 0 Å². The lowest BCUT2D eigenvalue weighted by molar-refractivity contribution is -0.146. The Bertz CT molecular complexity index is 459. The van der Waals surface area contributed by atoms with Crippen molar-refractivity contribution in [1.29, 1.82) is 0 Å². The molecule has 0 radical (unpaired) electrons. The highest BCUT2D eigenvalue weighted by Crippen LogP contribution is 2.49. The Morgan fingerprint density at radius 3 is 2.84 bits per heavy atom. The van der Waals surface area contributed by atoms with Crippen molar-refractivity contribution in [3.8, 4) is 11.5 Å². The number of cyclic esters (lactones) is 1. The minimum absolute atomic E-state index is 0.0109. The van der Waals surface area contributed by atoms with E-state index < -0.39 is 8.07 Å². The molecule has 0 aliphatic carbocycles. The van der Waals surface area contributed by atoms with Crippen molar-refractivity contribution in [2.75, 3.05) is 19.7 Å². The molecule has 0 unspecified atom stereocenters. The van der Waals surface area contributed by atoms with Crippen molar-refractivity contribution in [2.45, 2.75) is 44.9 Å². The summed E-state index contributed by atoms with van der Waals surface area (Å²) in [7, 11) is -1.39. The summed E-state index contributed by atoms with van der Waals surface area (Å²) in [5.41, 5.74) is 3.19. The second-order valence-corrected chi connectivity index (χ2v) is 12.0. The molecule has 0 aromatic rings. The van der Waals surface area contributed by atoms with Crippen LogP contribution >= 0.6 is 0 Å². The van der Waals surface area contributed by atoms with Crippen molar-refractivity contribution in [3.05, 3.63) is 0 Å². The van der Waals surface area contributed by atoms with Crippen molar-refractivity contribution in [3.63, 3.8) is 0 Å². The predicted molar refractivity (Wildman–Crippen MR) is 77.2 cm³/mol. The summed E-state index contributed by atoms with van der Waals surface area (Å²) in [5, 5.41) is 0.